The van der Waals surface area contributed by atoms with Crippen molar-refractivity contribution < 1.29 is 5.11 Å². The van der Waals surface area contributed by atoms with Gasteiger partial charge in [0.25, 0.3) is 0 Å². The second kappa shape index (κ2) is 16.4. The van der Waals surface area contributed by atoms with Gasteiger partial charge in [0.15, 0.2) is 0 Å². The number of rotatable bonds is 3. The zero-order valence-electron chi connectivity index (χ0n) is 5.53. The van der Waals surface area contributed by atoms with Gasteiger partial charge < -0.3 is 16.6 Å². The van der Waals surface area contributed by atoms with Gasteiger partial charge in [-0.15, -0.1) is 37.2 Å². The van der Waals surface area contributed by atoms with Gasteiger partial charge in [-0.25, -0.2) is 0 Å². The Labute approximate surface area is 79.8 Å². The minimum Gasteiger partial charge on any atom is -0.396 e. The van der Waals surface area contributed by atoms with Gasteiger partial charge in [-0.2, -0.15) is 0 Å². The third-order valence-electron chi connectivity index (χ3n) is 0.925. The van der Waals surface area contributed by atoms with Crippen molar-refractivity contribution in [3.63, 3.8) is 0 Å². The zero-order chi connectivity index (χ0) is 5.70. The van der Waals surface area contributed by atoms with Crippen molar-refractivity contribution in [2.45, 2.75) is 0 Å². The molecule has 0 atom stereocenters. The molecule has 0 rings (SSSR count). The lowest BCUT2D eigenvalue weighted by atomic mass is 10.2. The molecule has 0 amide bonds. The molecule has 0 saturated heterocycles. The molecule has 0 bridgehead atoms. The molecular formula is C4H15Cl3N2O. The molecule has 0 unspecified atom stereocenters. The van der Waals surface area contributed by atoms with Crippen molar-refractivity contribution in [3.8, 4) is 0 Å². The van der Waals surface area contributed by atoms with E-state index >= 15 is 0 Å². The summed E-state index contributed by atoms with van der Waals surface area (Å²) >= 11 is 0. The van der Waals surface area contributed by atoms with Gasteiger partial charge in [-0.05, 0) is 13.1 Å². The lowest BCUT2D eigenvalue weighted by molar-refractivity contribution is 0.234. The Morgan fingerprint density at radius 3 is 1.30 bits per heavy atom. The van der Waals surface area contributed by atoms with E-state index in [-0.39, 0.29) is 49.7 Å². The molecule has 0 fully saturated rings. The highest BCUT2D eigenvalue weighted by Gasteiger charge is 1.97. The van der Waals surface area contributed by atoms with Crippen molar-refractivity contribution in [2.24, 2.45) is 17.4 Å². The third-order valence-corrected chi connectivity index (χ3v) is 0.925. The first-order chi connectivity index (χ1) is 3.35. The van der Waals surface area contributed by atoms with E-state index in [4.69, 9.17) is 16.6 Å². The maximum absolute atomic E-state index is 8.37. The van der Waals surface area contributed by atoms with Crippen LogP contribution in [0.25, 0.3) is 0 Å². The van der Waals surface area contributed by atoms with Crippen LogP contribution in [0.4, 0.5) is 0 Å². The first-order valence-corrected chi connectivity index (χ1v) is 2.36. The summed E-state index contributed by atoms with van der Waals surface area (Å²) in [6.45, 7) is 1.06. The van der Waals surface area contributed by atoms with E-state index in [0.29, 0.717) is 13.1 Å². The molecule has 3 nitrogen and oxygen atoms in total. The van der Waals surface area contributed by atoms with Crippen LogP contribution in [0.1, 0.15) is 0 Å². The maximum atomic E-state index is 8.37. The van der Waals surface area contributed by atoms with E-state index in [1.807, 2.05) is 0 Å². The number of nitrogens with two attached hydrogens (primary N) is 2. The molecule has 0 aliphatic carbocycles. The van der Waals surface area contributed by atoms with Crippen LogP contribution >= 0.6 is 37.2 Å². The maximum Gasteiger partial charge on any atom is 0.0483 e. The minimum absolute atomic E-state index is 0. The average molecular weight is 214 g/mol. The molecular weight excluding hydrogens is 198 g/mol. The summed E-state index contributed by atoms with van der Waals surface area (Å²) < 4.78 is 0. The van der Waals surface area contributed by atoms with Gasteiger partial charge in [0, 0.05) is 12.5 Å². The fourth-order valence-corrected chi connectivity index (χ4v) is 0.245. The van der Waals surface area contributed by atoms with Crippen LogP contribution in [0, 0.1) is 5.92 Å². The van der Waals surface area contributed by atoms with E-state index in [1.165, 1.54) is 0 Å². The number of aliphatic hydroxyl groups is 1. The SMILES string of the molecule is Cl.Cl.Cl.NCC(CN)CO. The van der Waals surface area contributed by atoms with Gasteiger partial charge in [0.05, 0.1) is 0 Å². The Bertz CT molecular complexity index is 40.0. The molecule has 10 heavy (non-hydrogen) atoms. The predicted molar refractivity (Wildman–Crippen MR) is 50.4 cm³/mol. The van der Waals surface area contributed by atoms with E-state index in [0.717, 1.165) is 0 Å². The first-order valence-electron chi connectivity index (χ1n) is 2.36. The van der Waals surface area contributed by atoms with Crippen molar-refractivity contribution in [3.05, 3.63) is 0 Å². The predicted octanol–water partition coefficient (Wildman–Crippen LogP) is -0.222. The van der Waals surface area contributed by atoms with Crippen LogP contribution in [0.3, 0.4) is 0 Å². The number of hydrogen-bond donors (Lipinski definition) is 3. The second-order valence-electron chi connectivity index (χ2n) is 1.52. The minimum atomic E-state index is 0. The third kappa shape index (κ3) is 11.5. The topological polar surface area (TPSA) is 72.3 Å². The first kappa shape index (κ1) is 22.4. The van der Waals surface area contributed by atoms with Gasteiger partial charge in [-0.1, -0.05) is 0 Å². The van der Waals surface area contributed by atoms with Gasteiger partial charge >= 0.3 is 0 Å². The Morgan fingerprint density at radius 1 is 1.00 bits per heavy atom. The fraction of sp³-hybridized carbons (Fsp3) is 1.00. The Balaban J connectivity index is -0.0000000600. The molecule has 0 aromatic carbocycles. The van der Waals surface area contributed by atoms with Crippen molar-refractivity contribution >= 4 is 37.2 Å². The van der Waals surface area contributed by atoms with E-state index < -0.39 is 0 Å². The molecule has 0 aromatic heterocycles. The molecule has 0 aromatic rings. The van der Waals surface area contributed by atoms with Crippen molar-refractivity contribution in [1.29, 1.82) is 0 Å². The Hall–Kier alpha value is 0.750. The summed E-state index contributed by atoms with van der Waals surface area (Å²) in [7, 11) is 0. The van der Waals surface area contributed by atoms with Crippen LogP contribution in [-0.4, -0.2) is 24.8 Å². The summed E-state index contributed by atoms with van der Waals surface area (Å²) in [4.78, 5) is 0. The summed E-state index contributed by atoms with van der Waals surface area (Å²) in [6, 6.07) is 0. The molecule has 0 aliphatic rings. The number of halogens is 3. The van der Waals surface area contributed by atoms with Crippen LogP contribution in [-0.2, 0) is 0 Å². The summed E-state index contributed by atoms with van der Waals surface area (Å²) in [6.07, 6.45) is 0. The van der Waals surface area contributed by atoms with E-state index in [1.54, 1.807) is 0 Å². The summed E-state index contributed by atoms with van der Waals surface area (Å²) in [5, 5.41) is 8.37. The van der Waals surface area contributed by atoms with Crippen LogP contribution in [0.2, 0.25) is 0 Å². The van der Waals surface area contributed by atoms with Gasteiger partial charge in [0.2, 0.25) is 0 Å². The van der Waals surface area contributed by atoms with Gasteiger partial charge in [0.1, 0.15) is 0 Å². The Morgan fingerprint density at radius 2 is 1.30 bits per heavy atom. The molecule has 68 valence electrons. The molecule has 0 heterocycles. The quantitative estimate of drug-likeness (QED) is 0.607. The normalized spacial score (nSPS) is 7.20. The molecule has 0 radical (unpaired) electrons. The second-order valence-corrected chi connectivity index (χ2v) is 1.52. The number of aliphatic hydroxyl groups excluding tert-OH is 1. The molecule has 0 saturated carbocycles. The van der Waals surface area contributed by atoms with E-state index in [9.17, 15) is 0 Å². The lowest BCUT2D eigenvalue weighted by Gasteiger charge is -2.04. The molecule has 5 N–H and O–H groups in total. The fourth-order valence-electron chi connectivity index (χ4n) is 0.245. The molecule has 0 aliphatic heterocycles. The zero-order valence-corrected chi connectivity index (χ0v) is 7.97. The highest BCUT2D eigenvalue weighted by Crippen LogP contribution is 1.83. The molecule has 6 heteroatoms. The standard InChI is InChI=1S/C4H12N2O.3ClH/c5-1-4(2-6)3-7;;;/h4,7H,1-3,5-6H2;3*1H. The largest absolute Gasteiger partial charge is 0.396 e. The summed E-state index contributed by atoms with van der Waals surface area (Å²) in [5.41, 5.74) is 10.3. The van der Waals surface area contributed by atoms with Crippen LogP contribution < -0.4 is 11.5 Å². The lowest BCUT2D eigenvalue weighted by Crippen LogP contribution is -2.25. The Kier molecular flexibility index (Phi) is 36.7. The van der Waals surface area contributed by atoms with Crippen molar-refractivity contribution in [1.82, 2.24) is 0 Å². The highest BCUT2D eigenvalue weighted by molar-refractivity contribution is 5.86. The monoisotopic (exact) mass is 212 g/mol. The molecule has 0 spiro atoms. The van der Waals surface area contributed by atoms with Gasteiger partial charge in [-0.3, -0.25) is 0 Å². The van der Waals surface area contributed by atoms with E-state index in [2.05, 4.69) is 0 Å². The number of hydrogen-bond acceptors (Lipinski definition) is 3. The average Bonchev–Trinajstić information content (AvgIpc) is 1.72. The van der Waals surface area contributed by atoms with Crippen molar-refractivity contribution in [2.75, 3.05) is 19.7 Å². The summed E-state index contributed by atoms with van der Waals surface area (Å²) in [5.74, 6) is 0.0972. The highest BCUT2D eigenvalue weighted by atomic mass is 35.5. The van der Waals surface area contributed by atoms with Crippen LogP contribution in [0.15, 0.2) is 0 Å². The van der Waals surface area contributed by atoms with Crippen LogP contribution in [0.5, 0.6) is 0 Å². The smallest absolute Gasteiger partial charge is 0.0483 e.